The maximum atomic E-state index is 10.9. The van der Waals surface area contributed by atoms with Crippen LogP contribution in [0, 0.1) is 0 Å². The van der Waals surface area contributed by atoms with Gasteiger partial charge in [-0.05, 0) is 58.6 Å². The third kappa shape index (κ3) is 4.51. The Kier molecular flexibility index (Phi) is 6.51. The summed E-state index contributed by atoms with van der Waals surface area (Å²) in [7, 11) is 0. The summed E-state index contributed by atoms with van der Waals surface area (Å²) < 4.78 is 2.44. The maximum absolute atomic E-state index is 10.9. The molecule has 0 amide bonds. The molecule has 2 N–H and O–H groups in total. The lowest BCUT2D eigenvalue weighted by Gasteiger charge is -2.13. The van der Waals surface area contributed by atoms with Crippen LogP contribution < -0.4 is 0 Å². The number of aliphatic hydroxyl groups is 1. The van der Waals surface area contributed by atoms with E-state index in [4.69, 9.17) is 10.2 Å². The lowest BCUT2D eigenvalue weighted by Crippen LogP contribution is -2.03. The van der Waals surface area contributed by atoms with E-state index >= 15 is 0 Å². The summed E-state index contributed by atoms with van der Waals surface area (Å²) >= 11 is 4.60. The molecule has 1 heterocycles. The molecule has 1 fully saturated rings. The number of hydrogen-bond acceptors (Lipinski definition) is 5. The number of carbonyl (C=O) groups is 1. The first kappa shape index (κ1) is 19.9. The molecule has 0 bridgehead atoms. The molecule has 0 unspecified atom stereocenters. The highest BCUT2D eigenvalue weighted by atomic mass is 79.9. The van der Waals surface area contributed by atoms with Gasteiger partial charge in [-0.25, -0.2) is 0 Å². The summed E-state index contributed by atoms with van der Waals surface area (Å²) in [5.74, 6) is -0.266. The number of rotatable bonds is 5. The molecule has 1 saturated carbocycles. The minimum atomic E-state index is -0.875. The van der Waals surface area contributed by atoms with Crippen molar-refractivity contribution in [3.63, 3.8) is 0 Å². The predicted molar refractivity (Wildman–Crippen MR) is 110 cm³/mol. The normalized spacial score (nSPS) is 13.3. The molecule has 1 aliphatic rings. The van der Waals surface area contributed by atoms with Gasteiger partial charge in [0, 0.05) is 12.0 Å². The number of halogens is 1. The number of benzene rings is 2. The van der Waals surface area contributed by atoms with Gasteiger partial charge < -0.3 is 10.2 Å². The topological polar surface area (TPSA) is 88.2 Å². The third-order valence-corrected chi connectivity index (χ3v) is 5.54. The molecule has 142 valence electrons. The summed E-state index contributed by atoms with van der Waals surface area (Å²) in [6.45, 7) is 1.93. The summed E-state index contributed by atoms with van der Waals surface area (Å²) in [5, 5.41) is 27.6. The van der Waals surface area contributed by atoms with Crippen molar-refractivity contribution in [3.05, 3.63) is 46.7 Å². The average molecular weight is 450 g/mol. The van der Waals surface area contributed by atoms with E-state index in [-0.39, 0.29) is 12.4 Å². The zero-order chi connectivity index (χ0) is 19.4. The van der Waals surface area contributed by atoms with Crippen LogP contribution in [-0.4, -0.2) is 43.3 Å². The Bertz CT molecular complexity index is 957. The number of nitrogens with zero attached hydrogens (tertiary/aromatic N) is 3. The van der Waals surface area contributed by atoms with Gasteiger partial charge in [-0.1, -0.05) is 42.1 Å². The highest BCUT2D eigenvalue weighted by molar-refractivity contribution is 9.10. The highest BCUT2D eigenvalue weighted by Gasteiger charge is 2.26. The Morgan fingerprint density at radius 2 is 1.89 bits per heavy atom. The van der Waals surface area contributed by atoms with Crippen LogP contribution in [0.25, 0.3) is 16.5 Å². The van der Waals surface area contributed by atoms with Crippen LogP contribution in [-0.2, 0) is 4.79 Å². The maximum Gasteiger partial charge on any atom is 0.313 e. The van der Waals surface area contributed by atoms with Gasteiger partial charge in [0.2, 0.25) is 4.73 Å². The molecule has 0 spiro atoms. The number of carboxylic acid groups (broad SMARTS) is 1. The minimum Gasteiger partial charge on any atom is -0.481 e. The van der Waals surface area contributed by atoms with E-state index < -0.39 is 5.97 Å². The van der Waals surface area contributed by atoms with Crippen LogP contribution in [0.1, 0.15) is 31.2 Å². The van der Waals surface area contributed by atoms with Gasteiger partial charge in [0.15, 0.2) is 5.16 Å². The fourth-order valence-corrected chi connectivity index (χ4v) is 4.15. The predicted octanol–water partition coefficient (Wildman–Crippen LogP) is 4.24. The Labute approximate surface area is 169 Å². The van der Waals surface area contributed by atoms with E-state index in [1.807, 2.05) is 10.6 Å². The van der Waals surface area contributed by atoms with Gasteiger partial charge in [0.05, 0.1) is 11.4 Å². The molecular formula is C19H20BrN3O3S. The smallest absolute Gasteiger partial charge is 0.313 e. The van der Waals surface area contributed by atoms with Crippen molar-refractivity contribution in [2.24, 2.45) is 0 Å². The first-order valence-corrected chi connectivity index (χ1v) is 10.4. The van der Waals surface area contributed by atoms with E-state index in [9.17, 15) is 4.79 Å². The molecule has 8 heteroatoms. The standard InChI is InChI=1S/C17H14BrN3O2S.C2H6O/c18-16-19-20-17(24-9-15(22)23)21(16)14-8-7-11(10-5-6-10)12-3-1-2-4-13(12)14;1-2-3/h1-4,7-8,10H,5-6,9H2,(H,22,23);3H,2H2,1H3. The number of thioether (sulfide) groups is 1. The molecule has 1 aliphatic carbocycles. The SMILES string of the molecule is CCO.O=C(O)CSc1nnc(Br)n1-c1ccc(C2CC2)c2ccccc12. The van der Waals surface area contributed by atoms with Crippen molar-refractivity contribution in [2.75, 3.05) is 12.4 Å². The quantitative estimate of drug-likeness (QED) is 0.566. The zero-order valence-electron chi connectivity index (χ0n) is 14.8. The second kappa shape index (κ2) is 8.86. The van der Waals surface area contributed by atoms with Crippen LogP contribution in [0.5, 0.6) is 0 Å². The van der Waals surface area contributed by atoms with E-state index in [2.05, 4.69) is 56.5 Å². The molecule has 0 atom stereocenters. The summed E-state index contributed by atoms with van der Waals surface area (Å²) in [6.07, 6.45) is 2.50. The number of aromatic nitrogens is 3. The van der Waals surface area contributed by atoms with E-state index in [0.717, 1.165) is 22.8 Å². The molecule has 3 aromatic rings. The Morgan fingerprint density at radius 3 is 2.52 bits per heavy atom. The lowest BCUT2D eigenvalue weighted by molar-refractivity contribution is -0.133. The molecular weight excluding hydrogens is 430 g/mol. The largest absolute Gasteiger partial charge is 0.481 e. The van der Waals surface area contributed by atoms with Gasteiger partial charge in [0.25, 0.3) is 0 Å². The monoisotopic (exact) mass is 449 g/mol. The van der Waals surface area contributed by atoms with Gasteiger partial charge in [-0.2, -0.15) is 0 Å². The third-order valence-electron chi connectivity index (χ3n) is 4.11. The average Bonchev–Trinajstić information content (AvgIpc) is 3.43. The molecule has 2 aromatic carbocycles. The van der Waals surface area contributed by atoms with Crippen molar-refractivity contribution in [1.82, 2.24) is 14.8 Å². The van der Waals surface area contributed by atoms with Crippen molar-refractivity contribution < 1.29 is 15.0 Å². The highest BCUT2D eigenvalue weighted by Crippen LogP contribution is 2.44. The second-order valence-corrected chi connectivity index (χ2v) is 7.73. The van der Waals surface area contributed by atoms with Crippen molar-refractivity contribution >= 4 is 44.4 Å². The fourth-order valence-electron chi connectivity index (χ4n) is 2.93. The molecule has 27 heavy (non-hydrogen) atoms. The van der Waals surface area contributed by atoms with Crippen LogP contribution in [0.15, 0.2) is 46.3 Å². The van der Waals surface area contributed by atoms with E-state index in [0.29, 0.717) is 15.8 Å². The van der Waals surface area contributed by atoms with Crippen LogP contribution >= 0.6 is 27.7 Å². The molecule has 4 rings (SSSR count). The van der Waals surface area contributed by atoms with Crippen LogP contribution in [0.4, 0.5) is 0 Å². The second-order valence-electron chi connectivity index (χ2n) is 6.08. The summed E-state index contributed by atoms with van der Waals surface area (Å²) in [6, 6.07) is 12.6. The minimum absolute atomic E-state index is 0.0524. The van der Waals surface area contributed by atoms with Gasteiger partial charge in [0.1, 0.15) is 0 Å². The molecule has 0 saturated heterocycles. The molecule has 0 radical (unpaired) electrons. The summed E-state index contributed by atoms with van der Waals surface area (Å²) in [4.78, 5) is 10.9. The Hall–Kier alpha value is -1.90. The first-order chi connectivity index (χ1) is 13.1. The first-order valence-electron chi connectivity index (χ1n) is 8.65. The molecule has 6 nitrogen and oxygen atoms in total. The fraction of sp³-hybridized carbons (Fsp3) is 0.316. The van der Waals surface area contributed by atoms with Crippen molar-refractivity contribution in [3.8, 4) is 5.69 Å². The number of fused-ring (bicyclic) bond motifs is 1. The van der Waals surface area contributed by atoms with Gasteiger partial charge in [-0.15, -0.1) is 10.2 Å². The summed E-state index contributed by atoms with van der Waals surface area (Å²) in [5.41, 5.74) is 2.35. The molecule has 1 aromatic heterocycles. The molecule has 0 aliphatic heterocycles. The van der Waals surface area contributed by atoms with Crippen LogP contribution in [0.2, 0.25) is 0 Å². The zero-order valence-corrected chi connectivity index (χ0v) is 17.2. The number of carboxylic acids is 1. The Morgan fingerprint density at radius 1 is 1.22 bits per heavy atom. The van der Waals surface area contributed by atoms with E-state index in [1.165, 1.54) is 23.8 Å². The lowest BCUT2D eigenvalue weighted by atomic mass is 9.99. The number of aliphatic carboxylic acids is 1. The van der Waals surface area contributed by atoms with Crippen molar-refractivity contribution in [2.45, 2.75) is 30.8 Å². The van der Waals surface area contributed by atoms with Gasteiger partial charge in [-0.3, -0.25) is 9.36 Å². The van der Waals surface area contributed by atoms with Gasteiger partial charge >= 0.3 is 5.97 Å². The Balaban J connectivity index is 0.000000659. The number of aliphatic hydroxyl groups excluding tert-OH is 1. The van der Waals surface area contributed by atoms with Crippen LogP contribution in [0.3, 0.4) is 0 Å². The van der Waals surface area contributed by atoms with Crippen molar-refractivity contribution in [1.29, 1.82) is 0 Å². The number of hydrogen-bond donors (Lipinski definition) is 2. The van der Waals surface area contributed by atoms with E-state index in [1.54, 1.807) is 6.92 Å².